The molecule has 1 aliphatic rings. The SMILES string of the molecule is O=C1CCC(NC(=O)CSc2ccc(Br)cc2)CN1. The molecule has 0 radical (unpaired) electrons. The number of nitrogens with one attached hydrogen (secondary N) is 2. The molecule has 102 valence electrons. The maximum Gasteiger partial charge on any atom is 0.230 e. The van der Waals surface area contributed by atoms with E-state index in [0.29, 0.717) is 18.7 Å². The summed E-state index contributed by atoms with van der Waals surface area (Å²) in [7, 11) is 0. The van der Waals surface area contributed by atoms with Gasteiger partial charge in [0.2, 0.25) is 11.8 Å². The summed E-state index contributed by atoms with van der Waals surface area (Å²) in [6.45, 7) is 0.535. The Hall–Kier alpha value is -1.01. The molecule has 1 saturated heterocycles. The zero-order valence-corrected chi connectivity index (χ0v) is 12.7. The summed E-state index contributed by atoms with van der Waals surface area (Å²) in [5.41, 5.74) is 0. The fourth-order valence-electron chi connectivity index (χ4n) is 1.81. The van der Waals surface area contributed by atoms with Crippen LogP contribution in [-0.4, -0.2) is 30.2 Å². The molecule has 1 aliphatic heterocycles. The molecule has 1 atom stereocenters. The fraction of sp³-hybridized carbons (Fsp3) is 0.385. The van der Waals surface area contributed by atoms with Crippen molar-refractivity contribution in [2.75, 3.05) is 12.3 Å². The zero-order valence-electron chi connectivity index (χ0n) is 10.3. The van der Waals surface area contributed by atoms with Crippen LogP contribution in [0.4, 0.5) is 0 Å². The Bertz CT molecular complexity index is 454. The van der Waals surface area contributed by atoms with Crippen molar-refractivity contribution in [1.82, 2.24) is 10.6 Å². The molecular formula is C13H15BrN2O2S. The van der Waals surface area contributed by atoms with Gasteiger partial charge in [-0.25, -0.2) is 0 Å². The topological polar surface area (TPSA) is 58.2 Å². The van der Waals surface area contributed by atoms with Crippen LogP contribution in [0, 0.1) is 0 Å². The molecule has 0 saturated carbocycles. The van der Waals surface area contributed by atoms with Crippen molar-refractivity contribution >= 4 is 39.5 Å². The first-order valence-electron chi connectivity index (χ1n) is 6.08. The van der Waals surface area contributed by atoms with Gasteiger partial charge in [-0.3, -0.25) is 9.59 Å². The summed E-state index contributed by atoms with van der Waals surface area (Å²) in [4.78, 5) is 23.8. The number of thioether (sulfide) groups is 1. The summed E-state index contributed by atoms with van der Waals surface area (Å²) in [6, 6.07) is 7.93. The van der Waals surface area contributed by atoms with E-state index >= 15 is 0 Å². The molecule has 1 fully saturated rings. The quantitative estimate of drug-likeness (QED) is 0.822. The van der Waals surface area contributed by atoms with Crippen LogP contribution in [0.25, 0.3) is 0 Å². The average Bonchev–Trinajstić information content (AvgIpc) is 2.41. The average molecular weight is 343 g/mol. The zero-order chi connectivity index (χ0) is 13.7. The second-order valence-electron chi connectivity index (χ2n) is 4.35. The lowest BCUT2D eigenvalue weighted by molar-refractivity contribution is -0.124. The number of hydrogen-bond acceptors (Lipinski definition) is 3. The van der Waals surface area contributed by atoms with E-state index in [1.807, 2.05) is 24.3 Å². The molecule has 0 spiro atoms. The molecule has 0 aliphatic carbocycles. The third-order valence-corrected chi connectivity index (χ3v) is 4.35. The number of rotatable bonds is 4. The molecule has 1 unspecified atom stereocenters. The Kier molecular flexibility index (Phi) is 5.27. The Morgan fingerprint density at radius 1 is 1.42 bits per heavy atom. The molecule has 1 aromatic rings. The van der Waals surface area contributed by atoms with E-state index in [0.717, 1.165) is 15.8 Å². The second-order valence-corrected chi connectivity index (χ2v) is 6.31. The Morgan fingerprint density at radius 2 is 2.16 bits per heavy atom. The van der Waals surface area contributed by atoms with Gasteiger partial charge in [-0.1, -0.05) is 15.9 Å². The lowest BCUT2D eigenvalue weighted by Crippen LogP contribution is -2.48. The highest BCUT2D eigenvalue weighted by Crippen LogP contribution is 2.20. The lowest BCUT2D eigenvalue weighted by Gasteiger charge is -2.23. The van der Waals surface area contributed by atoms with Crippen molar-refractivity contribution < 1.29 is 9.59 Å². The van der Waals surface area contributed by atoms with Crippen molar-refractivity contribution in [2.45, 2.75) is 23.8 Å². The maximum atomic E-state index is 11.8. The van der Waals surface area contributed by atoms with Gasteiger partial charge in [-0.2, -0.15) is 0 Å². The highest BCUT2D eigenvalue weighted by Gasteiger charge is 2.19. The number of carbonyl (C=O) groups is 2. The van der Waals surface area contributed by atoms with Crippen LogP contribution in [0.15, 0.2) is 33.6 Å². The second kappa shape index (κ2) is 6.96. The first-order chi connectivity index (χ1) is 9.13. The minimum atomic E-state index is 0.00840. The van der Waals surface area contributed by atoms with Crippen LogP contribution in [-0.2, 0) is 9.59 Å². The normalized spacial score (nSPS) is 18.8. The molecule has 2 amide bonds. The number of amides is 2. The van der Waals surface area contributed by atoms with Crippen molar-refractivity contribution in [3.8, 4) is 0 Å². The molecule has 2 N–H and O–H groups in total. The number of hydrogen-bond donors (Lipinski definition) is 2. The molecule has 0 bridgehead atoms. The predicted molar refractivity (Wildman–Crippen MR) is 79.0 cm³/mol. The fourth-order valence-corrected chi connectivity index (χ4v) is 2.78. The van der Waals surface area contributed by atoms with Gasteiger partial charge in [-0.15, -0.1) is 11.8 Å². The van der Waals surface area contributed by atoms with Gasteiger partial charge in [0.05, 0.1) is 5.75 Å². The lowest BCUT2D eigenvalue weighted by atomic mass is 10.1. The van der Waals surface area contributed by atoms with Gasteiger partial charge >= 0.3 is 0 Å². The van der Waals surface area contributed by atoms with E-state index in [1.54, 1.807) is 0 Å². The van der Waals surface area contributed by atoms with Crippen LogP contribution >= 0.6 is 27.7 Å². The molecule has 0 aromatic heterocycles. The number of benzene rings is 1. The van der Waals surface area contributed by atoms with Gasteiger partial charge < -0.3 is 10.6 Å². The number of halogens is 1. The minimum absolute atomic E-state index is 0.00840. The van der Waals surface area contributed by atoms with Gasteiger partial charge in [0.15, 0.2) is 0 Å². The van der Waals surface area contributed by atoms with Gasteiger partial charge in [-0.05, 0) is 30.7 Å². The third kappa shape index (κ3) is 4.87. The number of piperidine rings is 1. The van der Waals surface area contributed by atoms with Gasteiger partial charge in [0.25, 0.3) is 0 Å². The van der Waals surface area contributed by atoms with Gasteiger partial charge in [0.1, 0.15) is 0 Å². The Labute approximate surface area is 124 Å². The van der Waals surface area contributed by atoms with E-state index in [9.17, 15) is 9.59 Å². The van der Waals surface area contributed by atoms with Crippen LogP contribution in [0.3, 0.4) is 0 Å². The van der Waals surface area contributed by atoms with Crippen LogP contribution in [0.5, 0.6) is 0 Å². The summed E-state index contributed by atoms with van der Waals surface area (Å²) in [5.74, 6) is 0.468. The molecule has 1 heterocycles. The first kappa shape index (κ1) is 14.4. The largest absolute Gasteiger partial charge is 0.354 e. The molecule has 1 aromatic carbocycles. The van der Waals surface area contributed by atoms with Crippen molar-refractivity contribution in [2.24, 2.45) is 0 Å². The molecular weight excluding hydrogens is 328 g/mol. The van der Waals surface area contributed by atoms with Crippen molar-refractivity contribution in [1.29, 1.82) is 0 Å². The smallest absolute Gasteiger partial charge is 0.230 e. The van der Waals surface area contributed by atoms with Gasteiger partial charge in [0, 0.05) is 28.4 Å². The van der Waals surface area contributed by atoms with Crippen molar-refractivity contribution in [3.63, 3.8) is 0 Å². The van der Waals surface area contributed by atoms with Crippen LogP contribution in [0.2, 0.25) is 0 Å². The highest BCUT2D eigenvalue weighted by molar-refractivity contribution is 9.10. The van der Waals surface area contributed by atoms with E-state index in [-0.39, 0.29) is 17.9 Å². The monoisotopic (exact) mass is 342 g/mol. The molecule has 6 heteroatoms. The molecule has 2 rings (SSSR count). The number of carbonyl (C=O) groups excluding carboxylic acids is 2. The Balaban J connectivity index is 1.72. The predicted octanol–water partition coefficient (Wildman–Crippen LogP) is 1.94. The van der Waals surface area contributed by atoms with Crippen LogP contribution in [0.1, 0.15) is 12.8 Å². The molecule has 4 nitrogen and oxygen atoms in total. The third-order valence-electron chi connectivity index (χ3n) is 2.81. The maximum absolute atomic E-state index is 11.8. The van der Waals surface area contributed by atoms with Crippen LogP contribution < -0.4 is 10.6 Å². The first-order valence-corrected chi connectivity index (χ1v) is 7.86. The Morgan fingerprint density at radius 3 is 2.79 bits per heavy atom. The molecule has 19 heavy (non-hydrogen) atoms. The van der Waals surface area contributed by atoms with E-state index in [4.69, 9.17) is 0 Å². The standard InChI is InChI=1S/C13H15BrN2O2S/c14-9-1-4-11(5-2-9)19-8-13(18)16-10-3-6-12(17)15-7-10/h1-2,4-5,10H,3,6-8H2,(H,15,17)(H,16,18). The van der Waals surface area contributed by atoms with E-state index < -0.39 is 0 Å². The summed E-state index contributed by atoms with van der Waals surface area (Å²) in [6.07, 6.45) is 1.21. The van der Waals surface area contributed by atoms with Crippen molar-refractivity contribution in [3.05, 3.63) is 28.7 Å². The minimum Gasteiger partial charge on any atom is -0.354 e. The summed E-state index contributed by atoms with van der Waals surface area (Å²) in [5, 5.41) is 5.69. The summed E-state index contributed by atoms with van der Waals surface area (Å²) >= 11 is 4.88. The van der Waals surface area contributed by atoms with E-state index in [2.05, 4.69) is 26.6 Å². The van der Waals surface area contributed by atoms with E-state index in [1.165, 1.54) is 11.8 Å². The summed E-state index contributed by atoms with van der Waals surface area (Å²) < 4.78 is 1.03. The highest BCUT2D eigenvalue weighted by atomic mass is 79.9.